The molecule has 0 aromatic carbocycles. The first-order chi connectivity index (χ1) is 12.3. The molecular weight excluding hydrogens is 382 g/mol. The lowest BCUT2D eigenvalue weighted by Gasteiger charge is -2.31. The van der Waals surface area contributed by atoms with Crippen molar-refractivity contribution in [1.29, 1.82) is 0 Å². The second-order valence-electron chi connectivity index (χ2n) is 6.52. The third-order valence-corrected chi connectivity index (χ3v) is 5.31. The second kappa shape index (κ2) is 14.0. The highest BCUT2D eigenvalue weighted by Gasteiger charge is 2.35. The van der Waals surface area contributed by atoms with Gasteiger partial charge >= 0.3 is 16.1 Å². The molecule has 26 heavy (non-hydrogen) atoms. The standard InChI is InChI=1S/C16H34O8P2/c1-7-15(9-19-3,13-23-25(5)17)11-21-22-12-16(8-2,10-20-4)14-24-26(6)18/h7-14H2,1-6H3/q+2. The fraction of sp³-hybridized carbons (Fsp3) is 1.00. The van der Waals surface area contributed by atoms with E-state index in [1.807, 2.05) is 13.8 Å². The SMILES string of the molecule is CCC(COC)(COOCC(CC)(COC)CO[P+](C)=O)CO[P+](C)=O. The maximum atomic E-state index is 11.3. The van der Waals surface area contributed by atoms with Crippen LogP contribution in [-0.4, -0.2) is 67.2 Å². The van der Waals surface area contributed by atoms with Crippen molar-refractivity contribution >= 4 is 16.1 Å². The van der Waals surface area contributed by atoms with Gasteiger partial charge in [-0.2, -0.15) is 0 Å². The lowest BCUT2D eigenvalue weighted by Crippen LogP contribution is -2.38. The van der Waals surface area contributed by atoms with Gasteiger partial charge in [0.1, 0.15) is 13.2 Å². The molecule has 0 amide bonds. The second-order valence-corrected chi connectivity index (χ2v) is 8.80. The van der Waals surface area contributed by atoms with E-state index in [0.29, 0.717) is 26.1 Å². The minimum Gasteiger partial charge on any atom is -0.384 e. The molecule has 0 saturated carbocycles. The molecule has 0 aliphatic carbocycles. The van der Waals surface area contributed by atoms with Crippen molar-refractivity contribution in [2.24, 2.45) is 10.8 Å². The van der Waals surface area contributed by atoms with Crippen molar-refractivity contribution in [1.82, 2.24) is 0 Å². The van der Waals surface area contributed by atoms with Crippen LogP contribution in [0.3, 0.4) is 0 Å². The van der Waals surface area contributed by atoms with Crippen LogP contribution in [0.25, 0.3) is 0 Å². The monoisotopic (exact) mass is 416 g/mol. The van der Waals surface area contributed by atoms with Gasteiger partial charge in [0.2, 0.25) is 0 Å². The number of hydrogen-bond acceptors (Lipinski definition) is 8. The van der Waals surface area contributed by atoms with E-state index < -0.39 is 26.9 Å². The third kappa shape index (κ3) is 10.3. The smallest absolute Gasteiger partial charge is 0.384 e. The van der Waals surface area contributed by atoms with Gasteiger partial charge in [-0.1, -0.05) is 13.8 Å². The maximum Gasteiger partial charge on any atom is 0.504 e. The summed E-state index contributed by atoms with van der Waals surface area (Å²) >= 11 is 0. The van der Waals surface area contributed by atoms with Crippen molar-refractivity contribution in [3.8, 4) is 0 Å². The predicted molar refractivity (Wildman–Crippen MR) is 100 cm³/mol. The van der Waals surface area contributed by atoms with E-state index in [0.717, 1.165) is 0 Å². The number of methoxy groups -OCH3 is 2. The van der Waals surface area contributed by atoms with Crippen LogP contribution < -0.4 is 0 Å². The Kier molecular flexibility index (Phi) is 14.0. The summed E-state index contributed by atoms with van der Waals surface area (Å²) in [6.07, 6.45) is 1.42. The molecule has 0 heterocycles. The van der Waals surface area contributed by atoms with Gasteiger partial charge in [0.15, 0.2) is 13.3 Å². The quantitative estimate of drug-likeness (QED) is 0.153. The van der Waals surface area contributed by atoms with Crippen LogP contribution in [0.4, 0.5) is 0 Å². The normalized spacial score (nSPS) is 17.5. The molecule has 8 nitrogen and oxygen atoms in total. The van der Waals surface area contributed by atoms with Crippen molar-refractivity contribution < 1.29 is 37.4 Å². The highest BCUT2D eigenvalue weighted by atomic mass is 31.1. The highest BCUT2D eigenvalue weighted by Crippen LogP contribution is 2.31. The molecule has 0 rings (SSSR count). The van der Waals surface area contributed by atoms with Crippen molar-refractivity contribution in [3.63, 3.8) is 0 Å². The topological polar surface area (TPSA) is 89.5 Å². The van der Waals surface area contributed by atoms with Crippen molar-refractivity contribution in [2.75, 3.05) is 67.2 Å². The average Bonchev–Trinajstić information content (AvgIpc) is 2.61. The van der Waals surface area contributed by atoms with Crippen LogP contribution in [0, 0.1) is 10.8 Å². The summed E-state index contributed by atoms with van der Waals surface area (Å²) in [6.45, 7) is 8.76. The minimum absolute atomic E-state index is 0.232. The fourth-order valence-corrected chi connectivity index (χ4v) is 3.18. The van der Waals surface area contributed by atoms with E-state index in [1.165, 1.54) is 13.3 Å². The van der Waals surface area contributed by atoms with Gasteiger partial charge in [0, 0.05) is 25.0 Å². The molecule has 4 atom stereocenters. The lowest BCUT2D eigenvalue weighted by atomic mass is 9.88. The lowest BCUT2D eigenvalue weighted by molar-refractivity contribution is -0.331. The molecule has 0 radical (unpaired) electrons. The minimum atomic E-state index is -1.70. The predicted octanol–water partition coefficient (Wildman–Crippen LogP) is 3.80. The molecule has 154 valence electrons. The van der Waals surface area contributed by atoms with Gasteiger partial charge in [-0.25, -0.2) is 9.78 Å². The Bertz CT molecular complexity index is 385. The van der Waals surface area contributed by atoms with E-state index in [9.17, 15) is 9.13 Å². The van der Waals surface area contributed by atoms with E-state index in [-0.39, 0.29) is 26.4 Å². The third-order valence-electron chi connectivity index (χ3n) is 4.32. The molecular formula is C16H34O8P2+2. The maximum absolute atomic E-state index is 11.3. The Morgan fingerprint density at radius 1 is 0.654 bits per heavy atom. The molecule has 0 N–H and O–H groups in total. The summed E-state index contributed by atoms with van der Waals surface area (Å²) < 4.78 is 43.7. The first kappa shape index (κ1) is 26.0. The van der Waals surface area contributed by atoms with Gasteiger partial charge in [0.05, 0.1) is 26.4 Å². The summed E-state index contributed by atoms with van der Waals surface area (Å²) in [4.78, 5) is 10.9. The van der Waals surface area contributed by atoms with Crippen LogP contribution in [0.1, 0.15) is 26.7 Å². The van der Waals surface area contributed by atoms with E-state index >= 15 is 0 Å². The Morgan fingerprint density at radius 2 is 1.00 bits per heavy atom. The highest BCUT2D eigenvalue weighted by molar-refractivity contribution is 7.38. The molecule has 0 bridgehead atoms. The summed E-state index contributed by atoms with van der Waals surface area (Å²) in [6, 6.07) is 0. The van der Waals surface area contributed by atoms with Gasteiger partial charge in [0.25, 0.3) is 0 Å². The molecule has 0 fully saturated rings. The summed E-state index contributed by atoms with van der Waals surface area (Å²) in [7, 11) is -0.203. The number of ether oxygens (including phenoxy) is 2. The Balaban J connectivity index is 4.72. The molecule has 0 aromatic heterocycles. The molecule has 0 aliphatic rings. The summed E-state index contributed by atoms with van der Waals surface area (Å²) in [5, 5.41) is 0. The fourth-order valence-electron chi connectivity index (χ4n) is 2.26. The summed E-state index contributed by atoms with van der Waals surface area (Å²) in [5.74, 6) is 0. The Hall–Kier alpha value is -0.0400. The van der Waals surface area contributed by atoms with Crippen LogP contribution in [-0.2, 0) is 37.4 Å². The van der Waals surface area contributed by atoms with E-state index in [4.69, 9.17) is 28.3 Å². The zero-order chi connectivity index (χ0) is 20.1. The first-order valence-corrected chi connectivity index (χ1v) is 11.8. The molecule has 0 spiro atoms. The van der Waals surface area contributed by atoms with Gasteiger partial charge in [-0.3, -0.25) is 0 Å². The molecule has 0 saturated heterocycles. The van der Waals surface area contributed by atoms with Gasteiger partial charge < -0.3 is 9.47 Å². The summed E-state index contributed by atoms with van der Waals surface area (Å²) in [5.41, 5.74) is -0.899. The Labute approximate surface area is 158 Å². The van der Waals surface area contributed by atoms with E-state index in [1.54, 1.807) is 14.2 Å². The van der Waals surface area contributed by atoms with Crippen LogP contribution >= 0.6 is 16.1 Å². The Morgan fingerprint density at radius 3 is 1.23 bits per heavy atom. The largest absolute Gasteiger partial charge is 0.504 e. The van der Waals surface area contributed by atoms with Crippen LogP contribution in [0.5, 0.6) is 0 Å². The van der Waals surface area contributed by atoms with Crippen LogP contribution in [0.2, 0.25) is 0 Å². The van der Waals surface area contributed by atoms with Crippen LogP contribution in [0.15, 0.2) is 0 Å². The molecule has 0 aliphatic heterocycles. The molecule has 4 unspecified atom stereocenters. The average molecular weight is 416 g/mol. The zero-order valence-corrected chi connectivity index (χ0v) is 18.6. The van der Waals surface area contributed by atoms with Crippen molar-refractivity contribution in [3.05, 3.63) is 0 Å². The van der Waals surface area contributed by atoms with E-state index in [2.05, 4.69) is 0 Å². The number of rotatable bonds is 17. The first-order valence-electron chi connectivity index (χ1n) is 8.58. The zero-order valence-electron chi connectivity index (χ0n) is 16.8. The van der Waals surface area contributed by atoms with Gasteiger partial charge in [-0.05, 0) is 22.0 Å². The molecule has 0 aromatic rings. The number of hydrogen-bond donors (Lipinski definition) is 0. The van der Waals surface area contributed by atoms with Gasteiger partial charge in [-0.15, -0.1) is 9.05 Å². The molecule has 10 heteroatoms. The van der Waals surface area contributed by atoms with Crippen molar-refractivity contribution in [2.45, 2.75) is 26.7 Å².